The third kappa shape index (κ3) is 4.11. The maximum atomic E-state index is 14.0. The first-order valence-corrected chi connectivity index (χ1v) is 11.5. The number of nitrogens with one attached hydrogen (secondary N) is 1. The van der Waals surface area contributed by atoms with Crippen molar-refractivity contribution in [3.63, 3.8) is 0 Å². The van der Waals surface area contributed by atoms with Gasteiger partial charge in [-0.1, -0.05) is 12.1 Å². The first-order valence-electron chi connectivity index (χ1n) is 10.7. The van der Waals surface area contributed by atoms with Gasteiger partial charge in [-0.2, -0.15) is 0 Å². The van der Waals surface area contributed by atoms with E-state index < -0.39 is 0 Å². The lowest BCUT2D eigenvalue weighted by molar-refractivity contribution is 0.0952. The van der Waals surface area contributed by atoms with Crippen molar-refractivity contribution in [2.45, 2.75) is 0 Å². The van der Waals surface area contributed by atoms with E-state index in [0.717, 1.165) is 48.6 Å². The van der Waals surface area contributed by atoms with Crippen molar-refractivity contribution < 1.29 is 9.18 Å². The van der Waals surface area contributed by atoms with E-state index in [4.69, 9.17) is 0 Å². The molecule has 1 N–H and O–H groups in total. The molecular formula is C24H24FN5OS. The molecule has 3 aromatic heterocycles. The van der Waals surface area contributed by atoms with Crippen LogP contribution < -0.4 is 10.2 Å². The zero-order valence-electron chi connectivity index (χ0n) is 17.6. The number of carbonyl (C=O) groups excluding carboxylic acids is 1. The number of fused-ring (bicyclic) bond motifs is 1. The van der Waals surface area contributed by atoms with E-state index in [1.54, 1.807) is 12.3 Å². The lowest BCUT2D eigenvalue weighted by Crippen LogP contribution is -2.48. The summed E-state index contributed by atoms with van der Waals surface area (Å²) < 4.78 is 16.0. The van der Waals surface area contributed by atoms with Crippen LogP contribution in [0.4, 0.5) is 10.1 Å². The molecule has 8 heteroatoms. The van der Waals surface area contributed by atoms with Crippen LogP contribution in [-0.4, -0.2) is 59.6 Å². The highest BCUT2D eigenvalue weighted by molar-refractivity contribution is 7.21. The Morgan fingerprint density at radius 2 is 1.81 bits per heavy atom. The topological polar surface area (TPSA) is 53.4 Å². The van der Waals surface area contributed by atoms with Gasteiger partial charge < -0.3 is 14.8 Å². The first kappa shape index (κ1) is 20.7. The summed E-state index contributed by atoms with van der Waals surface area (Å²) in [5, 5.41) is 4.05. The fourth-order valence-electron chi connectivity index (χ4n) is 4.14. The molecule has 1 saturated heterocycles. The molecule has 1 aromatic carbocycles. The van der Waals surface area contributed by atoms with Crippen LogP contribution in [0.5, 0.6) is 0 Å². The summed E-state index contributed by atoms with van der Waals surface area (Å²) in [5.74, 6) is -0.258. The predicted octanol–water partition coefficient (Wildman–Crippen LogP) is 3.78. The number of anilines is 1. The number of thiophene rings is 1. The van der Waals surface area contributed by atoms with Crippen molar-refractivity contribution in [1.82, 2.24) is 19.8 Å². The van der Waals surface area contributed by atoms with Crippen LogP contribution in [0.3, 0.4) is 0 Å². The van der Waals surface area contributed by atoms with Gasteiger partial charge in [0.1, 0.15) is 15.5 Å². The lowest BCUT2D eigenvalue weighted by atomic mass is 10.2. The van der Waals surface area contributed by atoms with Crippen LogP contribution in [0.25, 0.3) is 15.9 Å². The van der Waals surface area contributed by atoms with Gasteiger partial charge in [-0.25, -0.2) is 9.37 Å². The molecule has 0 spiro atoms. The molecule has 1 aliphatic rings. The van der Waals surface area contributed by atoms with Crippen molar-refractivity contribution >= 4 is 33.1 Å². The number of piperazine rings is 1. The fraction of sp³-hybridized carbons (Fsp3) is 0.250. The highest BCUT2D eigenvalue weighted by atomic mass is 32.1. The summed E-state index contributed by atoms with van der Waals surface area (Å²) in [5.41, 5.74) is 1.54. The van der Waals surface area contributed by atoms with Crippen molar-refractivity contribution in [2.75, 3.05) is 44.2 Å². The maximum Gasteiger partial charge on any atom is 0.263 e. The van der Waals surface area contributed by atoms with Gasteiger partial charge in [0.25, 0.3) is 5.91 Å². The molecular weight excluding hydrogens is 425 g/mol. The van der Waals surface area contributed by atoms with Crippen LogP contribution in [0.15, 0.2) is 67.1 Å². The number of carbonyl (C=O) groups is 1. The molecule has 0 bridgehead atoms. The molecule has 32 heavy (non-hydrogen) atoms. The molecule has 5 rings (SSSR count). The van der Waals surface area contributed by atoms with E-state index in [0.29, 0.717) is 17.1 Å². The number of halogens is 1. The van der Waals surface area contributed by atoms with Crippen LogP contribution in [0, 0.1) is 5.82 Å². The van der Waals surface area contributed by atoms with E-state index in [9.17, 15) is 9.18 Å². The minimum Gasteiger partial charge on any atom is -0.367 e. The monoisotopic (exact) mass is 449 g/mol. The summed E-state index contributed by atoms with van der Waals surface area (Å²) in [6.07, 6.45) is 5.64. The number of aromatic nitrogens is 2. The Kier molecular flexibility index (Phi) is 5.87. The Morgan fingerprint density at radius 1 is 1.03 bits per heavy atom. The summed E-state index contributed by atoms with van der Waals surface area (Å²) in [4.78, 5) is 23.4. The lowest BCUT2D eigenvalue weighted by Gasteiger charge is -2.36. The van der Waals surface area contributed by atoms with Gasteiger partial charge in [0, 0.05) is 63.2 Å². The molecule has 0 saturated carbocycles. The molecule has 4 aromatic rings. The smallest absolute Gasteiger partial charge is 0.263 e. The highest BCUT2D eigenvalue weighted by Crippen LogP contribution is 2.33. The van der Waals surface area contributed by atoms with Crippen molar-refractivity contribution in [3.8, 4) is 5.69 Å². The number of hydrogen-bond donors (Lipinski definition) is 1. The molecule has 0 aliphatic carbocycles. The number of pyridine rings is 1. The summed E-state index contributed by atoms with van der Waals surface area (Å²) >= 11 is 1.42. The Hall–Kier alpha value is -3.23. The standard InChI is InChI=1S/C24H24FN5OS/c25-19-7-1-2-8-20(19)29-16-14-28(15-17-29)13-10-26-23(31)22-21(30-11-3-4-12-30)18-6-5-9-27-24(18)32-22/h1-9,11-12H,10,13-17H2,(H,26,31). The Bertz CT molecular complexity index is 1210. The normalized spacial score (nSPS) is 14.7. The molecule has 1 amide bonds. The van der Waals surface area contributed by atoms with Crippen molar-refractivity contribution in [3.05, 3.63) is 77.8 Å². The fourth-order valence-corrected chi connectivity index (χ4v) is 5.20. The predicted molar refractivity (Wildman–Crippen MR) is 126 cm³/mol. The average Bonchev–Trinajstić information content (AvgIpc) is 3.47. The summed E-state index contributed by atoms with van der Waals surface area (Å²) in [6.45, 7) is 4.55. The molecule has 4 heterocycles. The summed E-state index contributed by atoms with van der Waals surface area (Å²) in [7, 11) is 0. The van der Waals surface area contributed by atoms with Gasteiger partial charge in [-0.3, -0.25) is 9.69 Å². The van der Waals surface area contributed by atoms with E-state index >= 15 is 0 Å². The second-order valence-electron chi connectivity index (χ2n) is 7.76. The van der Waals surface area contributed by atoms with Crippen molar-refractivity contribution in [2.24, 2.45) is 0 Å². The van der Waals surface area contributed by atoms with Crippen LogP contribution >= 0.6 is 11.3 Å². The Labute approximate surface area is 189 Å². The SMILES string of the molecule is O=C(NCCN1CCN(c2ccccc2F)CC1)c1sc2ncccc2c1-n1cccc1. The van der Waals surface area contributed by atoms with E-state index in [1.807, 2.05) is 53.4 Å². The van der Waals surface area contributed by atoms with Crippen LogP contribution in [-0.2, 0) is 0 Å². The minimum atomic E-state index is -0.176. The molecule has 0 unspecified atom stereocenters. The summed E-state index contributed by atoms with van der Waals surface area (Å²) in [6, 6.07) is 14.7. The number of amides is 1. The Morgan fingerprint density at radius 3 is 2.59 bits per heavy atom. The average molecular weight is 450 g/mol. The number of benzene rings is 1. The molecule has 1 fully saturated rings. The quantitative estimate of drug-likeness (QED) is 0.487. The second kappa shape index (κ2) is 9.10. The van der Waals surface area contributed by atoms with Gasteiger partial charge in [-0.15, -0.1) is 11.3 Å². The number of hydrogen-bond acceptors (Lipinski definition) is 5. The zero-order valence-corrected chi connectivity index (χ0v) is 18.4. The van der Waals surface area contributed by atoms with E-state index in [1.165, 1.54) is 17.4 Å². The third-order valence-electron chi connectivity index (χ3n) is 5.79. The molecule has 164 valence electrons. The number of nitrogens with zero attached hydrogens (tertiary/aromatic N) is 4. The molecule has 6 nitrogen and oxygen atoms in total. The van der Waals surface area contributed by atoms with Gasteiger partial charge in [0.2, 0.25) is 0 Å². The molecule has 0 atom stereocenters. The van der Waals surface area contributed by atoms with Gasteiger partial charge in [0.15, 0.2) is 0 Å². The third-order valence-corrected chi connectivity index (χ3v) is 6.89. The number of para-hydroxylation sites is 1. The van der Waals surface area contributed by atoms with Crippen LogP contribution in [0.1, 0.15) is 9.67 Å². The van der Waals surface area contributed by atoms with Gasteiger partial charge in [-0.05, 0) is 36.4 Å². The minimum absolute atomic E-state index is 0.0818. The Balaban J connectivity index is 1.20. The molecule has 1 aliphatic heterocycles. The molecule has 0 radical (unpaired) electrons. The van der Waals surface area contributed by atoms with Crippen LogP contribution in [0.2, 0.25) is 0 Å². The zero-order chi connectivity index (χ0) is 21.9. The van der Waals surface area contributed by atoms with E-state index in [2.05, 4.69) is 20.1 Å². The largest absolute Gasteiger partial charge is 0.367 e. The van der Waals surface area contributed by atoms with E-state index in [-0.39, 0.29) is 11.7 Å². The number of rotatable bonds is 6. The van der Waals surface area contributed by atoms with Gasteiger partial charge in [0.05, 0.1) is 11.4 Å². The first-order chi connectivity index (χ1) is 15.7. The maximum absolute atomic E-state index is 14.0. The second-order valence-corrected chi connectivity index (χ2v) is 8.76. The van der Waals surface area contributed by atoms with Crippen molar-refractivity contribution in [1.29, 1.82) is 0 Å². The van der Waals surface area contributed by atoms with Gasteiger partial charge >= 0.3 is 0 Å². The highest BCUT2D eigenvalue weighted by Gasteiger charge is 2.22.